The highest BCUT2D eigenvalue weighted by atomic mass is 28.3. The minimum absolute atomic E-state index is 0.908. The van der Waals surface area contributed by atoms with E-state index in [1.54, 1.807) is 0 Å². The van der Waals surface area contributed by atoms with Gasteiger partial charge in [0.05, 0.1) is 8.07 Å². The molecule has 124 valence electrons. The standard InChI is InChI=1S/C20H32NSi2/c1-16-11-9-10-12-18(16)19-13-20(23(6,7)8)17(14-21(19)2)15-22(3,4)5/h9-14H,15H2,1-8H3/q+1/i15D2. The molecule has 23 heavy (non-hydrogen) atoms. The van der Waals surface area contributed by atoms with E-state index in [0.717, 1.165) is 5.56 Å². The van der Waals surface area contributed by atoms with Gasteiger partial charge in [0, 0.05) is 28.0 Å². The molecule has 1 aromatic heterocycles. The molecule has 0 atom stereocenters. The Morgan fingerprint density at radius 3 is 2.17 bits per heavy atom. The fourth-order valence-electron chi connectivity index (χ4n) is 2.90. The first-order valence-corrected chi connectivity index (χ1v) is 15.4. The smallest absolute Gasteiger partial charge is 0.201 e. The Morgan fingerprint density at radius 1 is 1.04 bits per heavy atom. The topological polar surface area (TPSA) is 3.88 Å². The SMILES string of the molecule is [2H]C([2H])(c1c[n+](C)c(-c2ccccc2C)cc1[Si](C)(C)C)[Si](C)(C)C. The van der Waals surface area contributed by atoms with Crippen LogP contribution in [0.3, 0.4) is 0 Å². The van der Waals surface area contributed by atoms with Crippen molar-refractivity contribution in [1.82, 2.24) is 0 Å². The normalized spacial score (nSPS) is 14.4. The number of rotatable bonds is 4. The molecule has 0 N–H and O–H groups in total. The number of aryl methyl sites for hydroxylation is 2. The molecule has 0 amide bonds. The molecule has 0 radical (unpaired) electrons. The molecular formula is C20H32NSi2+. The van der Waals surface area contributed by atoms with Crippen LogP contribution in [0.1, 0.15) is 13.9 Å². The number of benzene rings is 1. The van der Waals surface area contributed by atoms with E-state index in [1.807, 2.05) is 7.05 Å². The van der Waals surface area contributed by atoms with Crippen LogP contribution in [0.15, 0.2) is 36.5 Å². The van der Waals surface area contributed by atoms with Crippen LogP contribution >= 0.6 is 0 Å². The van der Waals surface area contributed by atoms with Crippen molar-refractivity contribution >= 4 is 21.3 Å². The summed E-state index contributed by atoms with van der Waals surface area (Å²) >= 11 is 0. The summed E-state index contributed by atoms with van der Waals surface area (Å²) in [7, 11) is -1.69. The van der Waals surface area contributed by atoms with Crippen molar-refractivity contribution in [2.45, 2.75) is 52.2 Å². The lowest BCUT2D eigenvalue weighted by Crippen LogP contribution is -2.46. The zero-order valence-electron chi connectivity index (χ0n) is 17.9. The quantitative estimate of drug-likeness (QED) is 0.570. The van der Waals surface area contributed by atoms with Gasteiger partial charge >= 0.3 is 0 Å². The van der Waals surface area contributed by atoms with Crippen LogP contribution in [-0.2, 0) is 13.0 Å². The van der Waals surface area contributed by atoms with Gasteiger partial charge in [-0.2, -0.15) is 0 Å². The fraction of sp³-hybridized carbons (Fsp3) is 0.450. The highest BCUT2D eigenvalue weighted by Gasteiger charge is 2.28. The maximum atomic E-state index is 8.89. The second-order valence-corrected chi connectivity index (χ2v) is 18.3. The molecule has 2 rings (SSSR count). The van der Waals surface area contributed by atoms with E-state index in [4.69, 9.17) is 2.74 Å². The summed E-state index contributed by atoms with van der Waals surface area (Å²) in [5.74, 6) is -1.25. The third kappa shape index (κ3) is 4.42. The van der Waals surface area contributed by atoms with Crippen LogP contribution < -0.4 is 9.75 Å². The first-order chi connectivity index (χ1) is 11.3. The Morgan fingerprint density at radius 2 is 1.65 bits per heavy atom. The van der Waals surface area contributed by atoms with E-state index in [2.05, 4.69) is 87.3 Å². The van der Waals surface area contributed by atoms with Gasteiger partial charge in [0.2, 0.25) is 5.69 Å². The molecule has 2 aromatic rings. The predicted molar refractivity (Wildman–Crippen MR) is 108 cm³/mol. The zero-order chi connectivity index (χ0) is 19.2. The van der Waals surface area contributed by atoms with Crippen molar-refractivity contribution < 1.29 is 7.31 Å². The maximum Gasteiger partial charge on any atom is 0.212 e. The maximum absolute atomic E-state index is 8.89. The van der Waals surface area contributed by atoms with Gasteiger partial charge in [-0.05, 0) is 29.7 Å². The van der Waals surface area contributed by atoms with E-state index >= 15 is 0 Å². The highest BCUT2D eigenvalue weighted by molar-refractivity contribution is 6.89. The lowest BCUT2D eigenvalue weighted by molar-refractivity contribution is -0.660. The Labute approximate surface area is 147 Å². The Bertz CT molecular complexity index is 787. The molecule has 3 heteroatoms. The summed E-state index contributed by atoms with van der Waals surface area (Å²) in [6, 6.07) is 10.7. The van der Waals surface area contributed by atoms with Crippen LogP contribution in [0.5, 0.6) is 0 Å². The molecule has 1 heterocycles. The molecule has 0 aliphatic carbocycles. The van der Waals surface area contributed by atoms with E-state index in [9.17, 15) is 0 Å². The Hall–Kier alpha value is -1.20. The number of hydrogen-bond donors (Lipinski definition) is 0. The molecule has 0 bridgehead atoms. The van der Waals surface area contributed by atoms with E-state index in [-0.39, 0.29) is 0 Å². The van der Waals surface area contributed by atoms with Crippen molar-refractivity contribution in [1.29, 1.82) is 0 Å². The first kappa shape index (κ1) is 15.3. The molecule has 0 aliphatic heterocycles. The van der Waals surface area contributed by atoms with E-state index in [0.29, 0.717) is 0 Å². The van der Waals surface area contributed by atoms with Gasteiger partial charge in [0.25, 0.3) is 0 Å². The lowest BCUT2D eigenvalue weighted by Gasteiger charge is -2.24. The zero-order valence-corrected chi connectivity index (χ0v) is 17.9. The molecule has 0 fully saturated rings. The van der Waals surface area contributed by atoms with E-state index < -0.39 is 22.1 Å². The number of nitrogens with zero attached hydrogens (tertiary/aromatic N) is 1. The average molecular weight is 345 g/mol. The van der Waals surface area contributed by atoms with E-state index in [1.165, 1.54) is 22.0 Å². The largest absolute Gasteiger partial charge is 0.212 e. The molecule has 1 nitrogen and oxygen atoms in total. The lowest BCUT2D eigenvalue weighted by atomic mass is 10.0. The molecule has 0 saturated heterocycles. The second-order valence-electron chi connectivity index (χ2n) is 8.54. The average Bonchev–Trinajstić information content (AvgIpc) is 2.45. The monoisotopic (exact) mass is 344 g/mol. The minimum atomic E-state index is -2.02. The number of aromatic nitrogens is 1. The van der Waals surface area contributed by atoms with Gasteiger partial charge < -0.3 is 0 Å². The summed E-state index contributed by atoms with van der Waals surface area (Å²) in [6.45, 7) is 15.4. The molecular weight excluding hydrogens is 310 g/mol. The third-order valence-corrected chi connectivity index (χ3v) is 7.06. The van der Waals surface area contributed by atoms with Crippen molar-refractivity contribution in [3.05, 3.63) is 47.7 Å². The van der Waals surface area contributed by atoms with Crippen LogP contribution in [0.25, 0.3) is 11.3 Å². The van der Waals surface area contributed by atoms with Crippen molar-refractivity contribution in [3.8, 4) is 11.3 Å². The van der Waals surface area contributed by atoms with Crippen LogP contribution in [0, 0.1) is 6.92 Å². The summed E-state index contributed by atoms with van der Waals surface area (Å²) in [6.07, 6.45) is 2.06. The third-order valence-electron chi connectivity index (χ3n) is 4.01. The van der Waals surface area contributed by atoms with Gasteiger partial charge in [0.1, 0.15) is 7.05 Å². The Balaban J connectivity index is 2.82. The van der Waals surface area contributed by atoms with Crippen molar-refractivity contribution in [3.63, 3.8) is 0 Å². The van der Waals surface area contributed by atoms with Crippen LogP contribution in [-0.4, -0.2) is 16.1 Å². The first-order valence-electron chi connectivity index (χ1n) is 9.37. The summed E-state index contributed by atoms with van der Waals surface area (Å²) in [4.78, 5) is 0. The number of pyridine rings is 1. The predicted octanol–water partition coefficient (Wildman–Crippen LogP) is 4.45. The summed E-state index contributed by atoms with van der Waals surface area (Å²) in [5.41, 5.74) is 4.56. The molecule has 0 aliphatic rings. The fourth-order valence-corrected chi connectivity index (χ4v) is 5.54. The molecule has 1 aromatic carbocycles. The number of hydrogen-bond acceptors (Lipinski definition) is 0. The van der Waals surface area contributed by atoms with Gasteiger partial charge in [-0.1, -0.05) is 57.5 Å². The van der Waals surface area contributed by atoms with Crippen LogP contribution in [0.4, 0.5) is 0 Å². The van der Waals surface area contributed by atoms with Gasteiger partial charge in [-0.3, -0.25) is 0 Å². The molecule has 0 unspecified atom stereocenters. The Kier molecular flexibility index (Phi) is 4.24. The second kappa shape index (κ2) is 6.36. The van der Waals surface area contributed by atoms with Crippen molar-refractivity contribution in [2.75, 3.05) is 0 Å². The molecule has 0 saturated carbocycles. The van der Waals surface area contributed by atoms with Crippen molar-refractivity contribution in [2.24, 2.45) is 7.05 Å². The molecule has 0 spiro atoms. The van der Waals surface area contributed by atoms with Gasteiger partial charge in [-0.15, -0.1) is 0 Å². The minimum Gasteiger partial charge on any atom is -0.201 e. The highest BCUT2D eigenvalue weighted by Crippen LogP contribution is 2.21. The summed E-state index contributed by atoms with van der Waals surface area (Å²) < 4.78 is 19.9. The summed E-state index contributed by atoms with van der Waals surface area (Å²) in [5, 5.41) is 1.25. The van der Waals surface area contributed by atoms with Gasteiger partial charge in [-0.25, -0.2) is 4.57 Å². The van der Waals surface area contributed by atoms with Gasteiger partial charge in [0.15, 0.2) is 6.20 Å². The van der Waals surface area contributed by atoms with Crippen LogP contribution in [0.2, 0.25) is 39.3 Å².